The summed E-state index contributed by atoms with van der Waals surface area (Å²) < 4.78 is 46.2. The maximum atomic E-state index is 12.4. The van der Waals surface area contributed by atoms with Crippen LogP contribution in [0.1, 0.15) is 24.8 Å². The fourth-order valence-electron chi connectivity index (χ4n) is 2.62. The third-order valence-corrected chi connectivity index (χ3v) is 3.95. The number of ether oxygens (including phenoxy) is 2. The van der Waals surface area contributed by atoms with Gasteiger partial charge >= 0.3 is 12.3 Å². The van der Waals surface area contributed by atoms with Gasteiger partial charge in [-0.2, -0.15) is 0 Å². The van der Waals surface area contributed by atoms with Crippen molar-refractivity contribution in [2.45, 2.75) is 37.6 Å². The van der Waals surface area contributed by atoms with Crippen LogP contribution in [0.5, 0.6) is 5.75 Å². The summed E-state index contributed by atoms with van der Waals surface area (Å²) in [7, 11) is 0. The van der Waals surface area contributed by atoms with E-state index in [1.54, 1.807) is 0 Å². The zero-order valence-corrected chi connectivity index (χ0v) is 13.3. The molecule has 0 aliphatic carbocycles. The third-order valence-electron chi connectivity index (χ3n) is 3.95. The molecule has 6 nitrogen and oxygen atoms in total. The van der Waals surface area contributed by atoms with E-state index in [1.165, 1.54) is 18.2 Å². The maximum Gasteiger partial charge on any atom is 0.573 e. The molecule has 0 aromatic heterocycles. The molecule has 2 rings (SSSR count). The fraction of sp³-hybridized carbons (Fsp3) is 0.500. The average Bonchev–Trinajstić information content (AvgIpc) is 2.53. The zero-order chi connectivity index (χ0) is 18.5. The molecule has 1 fully saturated rings. The normalized spacial score (nSPS) is 16.9. The van der Waals surface area contributed by atoms with E-state index >= 15 is 0 Å². The molecule has 1 saturated heterocycles. The first-order valence-corrected chi connectivity index (χ1v) is 7.68. The van der Waals surface area contributed by atoms with Gasteiger partial charge in [-0.1, -0.05) is 18.2 Å². The van der Waals surface area contributed by atoms with E-state index in [0.717, 1.165) is 6.07 Å². The van der Waals surface area contributed by atoms with Crippen LogP contribution in [-0.4, -0.2) is 42.1 Å². The van der Waals surface area contributed by atoms with Crippen molar-refractivity contribution >= 4 is 11.9 Å². The Morgan fingerprint density at radius 3 is 2.48 bits per heavy atom. The summed E-state index contributed by atoms with van der Waals surface area (Å²) in [6.07, 6.45) is -4.71. The number of amides is 1. The molecular weight excluding hydrogens is 343 g/mol. The number of hydrogen-bond acceptors (Lipinski definition) is 4. The Morgan fingerprint density at radius 1 is 1.24 bits per heavy atom. The van der Waals surface area contributed by atoms with Gasteiger partial charge in [-0.25, -0.2) is 4.79 Å². The summed E-state index contributed by atoms with van der Waals surface area (Å²) in [5.41, 5.74) is -1.18. The number of benzene rings is 1. The third kappa shape index (κ3) is 5.35. The molecule has 1 heterocycles. The summed E-state index contributed by atoms with van der Waals surface area (Å²) in [5.74, 6) is -2.07. The molecular formula is C16H18F3NO5. The number of aryl methyl sites for hydroxylation is 1. The fourth-order valence-corrected chi connectivity index (χ4v) is 2.62. The van der Waals surface area contributed by atoms with Crippen LogP contribution >= 0.6 is 0 Å². The van der Waals surface area contributed by atoms with E-state index in [-0.39, 0.29) is 50.2 Å². The minimum absolute atomic E-state index is 0.00964. The minimum atomic E-state index is -4.83. The lowest BCUT2D eigenvalue weighted by Crippen LogP contribution is -2.57. The van der Waals surface area contributed by atoms with Crippen molar-refractivity contribution in [1.29, 1.82) is 0 Å². The summed E-state index contributed by atoms with van der Waals surface area (Å²) in [5, 5.41) is 11.9. The Kier molecular flexibility index (Phi) is 5.89. The number of hydrogen-bond donors (Lipinski definition) is 2. The first-order valence-electron chi connectivity index (χ1n) is 7.68. The van der Waals surface area contributed by atoms with Crippen molar-refractivity contribution < 1.29 is 37.3 Å². The topological polar surface area (TPSA) is 84.9 Å². The van der Waals surface area contributed by atoms with Crippen molar-refractivity contribution in [1.82, 2.24) is 5.32 Å². The first kappa shape index (κ1) is 19.0. The van der Waals surface area contributed by atoms with Gasteiger partial charge in [-0.3, -0.25) is 4.79 Å². The summed E-state index contributed by atoms with van der Waals surface area (Å²) in [4.78, 5) is 23.6. The number of alkyl halides is 3. The van der Waals surface area contributed by atoms with E-state index in [2.05, 4.69) is 10.1 Å². The predicted octanol–water partition coefficient (Wildman–Crippen LogP) is 2.27. The van der Waals surface area contributed by atoms with Gasteiger partial charge < -0.3 is 19.9 Å². The number of nitrogens with one attached hydrogen (secondary N) is 1. The van der Waals surface area contributed by atoms with Crippen molar-refractivity contribution in [3.8, 4) is 5.75 Å². The molecule has 25 heavy (non-hydrogen) atoms. The van der Waals surface area contributed by atoms with Gasteiger partial charge in [-0.05, 0) is 18.1 Å². The summed E-state index contributed by atoms with van der Waals surface area (Å²) in [6, 6.07) is 5.52. The van der Waals surface area contributed by atoms with Gasteiger partial charge in [0.1, 0.15) is 11.3 Å². The number of aliphatic carboxylic acids is 1. The van der Waals surface area contributed by atoms with Gasteiger partial charge in [0, 0.05) is 32.5 Å². The van der Waals surface area contributed by atoms with Crippen LogP contribution in [0.3, 0.4) is 0 Å². The van der Waals surface area contributed by atoms with Crippen molar-refractivity contribution in [3.05, 3.63) is 29.8 Å². The highest BCUT2D eigenvalue weighted by Gasteiger charge is 2.41. The molecule has 138 valence electrons. The smallest absolute Gasteiger partial charge is 0.480 e. The Hall–Kier alpha value is -2.29. The molecule has 0 radical (unpaired) electrons. The molecule has 9 heteroatoms. The number of carboxylic acids is 1. The Bertz CT molecular complexity index is 626. The van der Waals surface area contributed by atoms with Crippen LogP contribution in [0.15, 0.2) is 24.3 Å². The SMILES string of the molecule is O=C(CCc1ccccc1OC(F)(F)F)NC1(C(=O)O)CCOCC1. The molecule has 0 bridgehead atoms. The number of carboxylic acid groups (broad SMARTS) is 1. The molecule has 1 aliphatic rings. The molecule has 1 amide bonds. The lowest BCUT2D eigenvalue weighted by atomic mass is 9.90. The van der Waals surface area contributed by atoms with Gasteiger partial charge in [0.05, 0.1) is 0 Å². The molecule has 1 aliphatic heterocycles. The molecule has 1 aromatic carbocycles. The number of rotatable bonds is 6. The standard InChI is InChI=1S/C16H18F3NO5/c17-16(18,19)25-12-4-2-1-3-11(12)5-6-13(21)20-15(14(22)23)7-9-24-10-8-15/h1-4H,5-10H2,(H,20,21)(H,22,23). The van der Waals surface area contributed by atoms with Crippen LogP contribution < -0.4 is 10.1 Å². The van der Waals surface area contributed by atoms with Crippen LogP contribution in [0, 0.1) is 0 Å². The van der Waals surface area contributed by atoms with E-state index in [9.17, 15) is 27.9 Å². The second-order valence-electron chi connectivity index (χ2n) is 5.70. The molecule has 0 atom stereocenters. The minimum Gasteiger partial charge on any atom is -0.480 e. The summed E-state index contributed by atoms with van der Waals surface area (Å²) >= 11 is 0. The number of halogens is 3. The van der Waals surface area contributed by atoms with Crippen molar-refractivity contribution in [2.24, 2.45) is 0 Å². The number of carbonyl (C=O) groups is 2. The second-order valence-corrected chi connectivity index (χ2v) is 5.70. The molecule has 2 N–H and O–H groups in total. The highest BCUT2D eigenvalue weighted by atomic mass is 19.4. The van der Waals surface area contributed by atoms with Crippen LogP contribution in [0.2, 0.25) is 0 Å². The Labute approximate surface area is 141 Å². The van der Waals surface area contributed by atoms with E-state index < -0.39 is 23.8 Å². The highest BCUT2D eigenvalue weighted by Crippen LogP contribution is 2.27. The van der Waals surface area contributed by atoms with E-state index in [4.69, 9.17) is 4.74 Å². The quantitative estimate of drug-likeness (QED) is 0.812. The summed E-state index contributed by atoms with van der Waals surface area (Å²) in [6.45, 7) is 0.434. The lowest BCUT2D eigenvalue weighted by molar-refractivity contribution is -0.274. The zero-order valence-electron chi connectivity index (χ0n) is 13.3. The van der Waals surface area contributed by atoms with Crippen LogP contribution in [0.25, 0.3) is 0 Å². The lowest BCUT2D eigenvalue weighted by Gasteiger charge is -2.33. The first-order chi connectivity index (χ1) is 11.7. The van der Waals surface area contributed by atoms with Crippen LogP contribution in [0.4, 0.5) is 13.2 Å². The molecule has 0 unspecified atom stereocenters. The van der Waals surface area contributed by atoms with Gasteiger partial charge in [0.2, 0.25) is 5.91 Å². The van der Waals surface area contributed by atoms with Crippen molar-refractivity contribution in [3.63, 3.8) is 0 Å². The second kappa shape index (κ2) is 7.73. The predicted molar refractivity (Wildman–Crippen MR) is 80.0 cm³/mol. The molecule has 1 aromatic rings. The van der Waals surface area contributed by atoms with Crippen molar-refractivity contribution in [2.75, 3.05) is 13.2 Å². The Balaban J connectivity index is 1.99. The number of para-hydroxylation sites is 1. The van der Waals surface area contributed by atoms with Gasteiger partial charge in [-0.15, -0.1) is 13.2 Å². The Morgan fingerprint density at radius 2 is 1.88 bits per heavy atom. The van der Waals surface area contributed by atoms with Crippen LogP contribution in [-0.2, 0) is 20.7 Å². The van der Waals surface area contributed by atoms with Gasteiger partial charge in [0.25, 0.3) is 0 Å². The van der Waals surface area contributed by atoms with E-state index in [0.29, 0.717) is 0 Å². The monoisotopic (exact) mass is 361 g/mol. The van der Waals surface area contributed by atoms with E-state index in [1.807, 2.05) is 0 Å². The largest absolute Gasteiger partial charge is 0.573 e. The van der Waals surface area contributed by atoms with Gasteiger partial charge in [0.15, 0.2) is 0 Å². The highest BCUT2D eigenvalue weighted by molar-refractivity contribution is 5.87. The number of carbonyl (C=O) groups excluding carboxylic acids is 1. The average molecular weight is 361 g/mol. The molecule has 0 spiro atoms. The maximum absolute atomic E-state index is 12.4. The molecule has 0 saturated carbocycles.